The van der Waals surface area contributed by atoms with Gasteiger partial charge in [-0.2, -0.15) is 0 Å². The zero-order valence-corrected chi connectivity index (χ0v) is 17.5. The molecule has 0 spiro atoms. The van der Waals surface area contributed by atoms with Gasteiger partial charge in [0.25, 0.3) is 0 Å². The molecule has 2 saturated heterocycles. The second kappa shape index (κ2) is 11.0. The standard InChI is InChI=1S/C21H28O12/c22-8-12-15(26)16(27)17(28)20(30-12)33-21(10-24)19(29)18(13(9-23)32-21)31-14(25)7-6-11-4-2-1-3-5-11/h1-7,12-13,15-20,22-24,26-29H,8-10H2/t12-,13-,15-,16+,17-,18+,19+,20+,21+/m1/s1. The van der Waals surface area contributed by atoms with Gasteiger partial charge in [0.15, 0.2) is 12.4 Å². The molecule has 0 bridgehead atoms. The van der Waals surface area contributed by atoms with E-state index >= 15 is 0 Å². The van der Waals surface area contributed by atoms with Crippen molar-refractivity contribution in [2.75, 3.05) is 19.8 Å². The van der Waals surface area contributed by atoms with Crippen LogP contribution in [0.25, 0.3) is 6.08 Å². The maximum Gasteiger partial charge on any atom is 0.331 e. The third-order valence-corrected chi connectivity index (χ3v) is 5.51. The molecule has 0 amide bonds. The highest BCUT2D eigenvalue weighted by molar-refractivity contribution is 5.87. The van der Waals surface area contributed by atoms with Crippen molar-refractivity contribution < 1.29 is 59.5 Å². The van der Waals surface area contributed by atoms with E-state index in [4.69, 9.17) is 18.9 Å². The third kappa shape index (κ3) is 5.41. The molecule has 2 aliphatic heterocycles. The lowest BCUT2D eigenvalue weighted by Crippen LogP contribution is -2.62. The number of carbonyl (C=O) groups is 1. The quantitative estimate of drug-likeness (QED) is 0.149. The number of rotatable bonds is 8. The molecule has 3 rings (SSSR count). The van der Waals surface area contributed by atoms with Crippen LogP contribution in [0.3, 0.4) is 0 Å². The summed E-state index contributed by atoms with van der Waals surface area (Å²) in [6.07, 6.45) is -10.4. The Balaban J connectivity index is 1.74. The van der Waals surface area contributed by atoms with Gasteiger partial charge >= 0.3 is 5.97 Å². The summed E-state index contributed by atoms with van der Waals surface area (Å²) in [5, 5.41) is 69.7. The highest BCUT2D eigenvalue weighted by Crippen LogP contribution is 2.37. The van der Waals surface area contributed by atoms with Crippen molar-refractivity contribution in [3.8, 4) is 0 Å². The summed E-state index contributed by atoms with van der Waals surface area (Å²) in [5.74, 6) is -3.19. The molecule has 2 aliphatic rings. The molecule has 1 aromatic carbocycles. The number of aliphatic hydroxyl groups excluding tert-OH is 7. The molecule has 12 heteroatoms. The van der Waals surface area contributed by atoms with Crippen LogP contribution in [0, 0.1) is 0 Å². The molecule has 0 unspecified atom stereocenters. The van der Waals surface area contributed by atoms with Crippen LogP contribution in [0.15, 0.2) is 36.4 Å². The van der Waals surface area contributed by atoms with Gasteiger partial charge in [0.1, 0.15) is 43.2 Å². The number of benzene rings is 1. The number of ether oxygens (including phenoxy) is 4. The van der Waals surface area contributed by atoms with Crippen molar-refractivity contribution in [2.45, 2.75) is 54.8 Å². The fourth-order valence-corrected chi connectivity index (χ4v) is 3.66. The number of esters is 1. The van der Waals surface area contributed by atoms with Gasteiger partial charge in [0.2, 0.25) is 5.79 Å². The topological polar surface area (TPSA) is 196 Å². The maximum atomic E-state index is 12.3. The summed E-state index contributed by atoms with van der Waals surface area (Å²) in [6, 6.07) is 8.84. The predicted octanol–water partition coefficient (Wildman–Crippen LogP) is -3.13. The van der Waals surface area contributed by atoms with Gasteiger partial charge in [-0.15, -0.1) is 0 Å². The van der Waals surface area contributed by atoms with E-state index in [0.29, 0.717) is 5.56 Å². The van der Waals surface area contributed by atoms with Gasteiger partial charge in [-0.1, -0.05) is 30.3 Å². The fraction of sp³-hybridized carbons (Fsp3) is 0.571. The fourth-order valence-electron chi connectivity index (χ4n) is 3.66. The highest BCUT2D eigenvalue weighted by Gasteiger charge is 2.60. The van der Waals surface area contributed by atoms with Crippen LogP contribution < -0.4 is 0 Å². The Hall–Kier alpha value is -1.97. The summed E-state index contributed by atoms with van der Waals surface area (Å²) < 4.78 is 21.3. The molecule has 1 aromatic rings. The zero-order chi connectivity index (χ0) is 24.2. The van der Waals surface area contributed by atoms with E-state index in [-0.39, 0.29) is 0 Å². The third-order valence-electron chi connectivity index (χ3n) is 5.51. The van der Waals surface area contributed by atoms with Gasteiger partial charge in [-0.05, 0) is 11.6 Å². The van der Waals surface area contributed by atoms with Crippen LogP contribution >= 0.6 is 0 Å². The largest absolute Gasteiger partial charge is 0.453 e. The Labute approximate surface area is 188 Å². The molecule has 9 atom stereocenters. The molecule has 0 aliphatic carbocycles. The first-order valence-electron chi connectivity index (χ1n) is 10.3. The van der Waals surface area contributed by atoms with Gasteiger partial charge < -0.3 is 54.7 Å². The molecule has 12 nitrogen and oxygen atoms in total. The molecule has 0 saturated carbocycles. The number of hydrogen-bond donors (Lipinski definition) is 7. The maximum absolute atomic E-state index is 12.3. The Morgan fingerprint density at radius 3 is 2.24 bits per heavy atom. The molecule has 33 heavy (non-hydrogen) atoms. The summed E-state index contributed by atoms with van der Waals surface area (Å²) in [5.41, 5.74) is 0.715. The average Bonchev–Trinajstić information content (AvgIpc) is 3.09. The second-order valence-electron chi connectivity index (χ2n) is 7.71. The Morgan fingerprint density at radius 1 is 0.970 bits per heavy atom. The molecular formula is C21H28O12. The summed E-state index contributed by atoms with van der Waals surface area (Å²) >= 11 is 0. The van der Waals surface area contributed by atoms with Gasteiger partial charge in [0.05, 0.1) is 13.2 Å². The van der Waals surface area contributed by atoms with Crippen LogP contribution in [0.5, 0.6) is 0 Å². The van der Waals surface area contributed by atoms with Crippen LogP contribution in [0.4, 0.5) is 0 Å². The van der Waals surface area contributed by atoms with Crippen molar-refractivity contribution in [1.29, 1.82) is 0 Å². The predicted molar refractivity (Wildman–Crippen MR) is 108 cm³/mol. The first-order chi connectivity index (χ1) is 15.8. The van der Waals surface area contributed by atoms with Gasteiger partial charge in [0, 0.05) is 6.08 Å². The molecule has 0 aromatic heterocycles. The minimum atomic E-state index is -2.32. The summed E-state index contributed by atoms with van der Waals surface area (Å²) in [7, 11) is 0. The van der Waals surface area contributed by atoms with E-state index < -0.39 is 80.6 Å². The Bertz CT molecular complexity index is 802. The lowest BCUT2D eigenvalue weighted by atomic mass is 9.99. The number of aliphatic hydroxyl groups is 7. The van der Waals surface area contributed by atoms with E-state index in [2.05, 4.69) is 0 Å². The van der Waals surface area contributed by atoms with Crippen LogP contribution in [-0.4, -0.2) is 116 Å². The molecule has 184 valence electrons. The van der Waals surface area contributed by atoms with E-state index in [1.807, 2.05) is 0 Å². The van der Waals surface area contributed by atoms with E-state index in [1.54, 1.807) is 30.3 Å². The van der Waals surface area contributed by atoms with Crippen molar-refractivity contribution in [3.63, 3.8) is 0 Å². The van der Waals surface area contributed by atoms with Gasteiger partial charge in [-0.3, -0.25) is 0 Å². The average molecular weight is 472 g/mol. The Kier molecular flexibility index (Phi) is 8.53. The first-order valence-corrected chi connectivity index (χ1v) is 10.3. The van der Waals surface area contributed by atoms with Crippen LogP contribution in [-0.2, 0) is 23.7 Å². The lowest BCUT2D eigenvalue weighted by molar-refractivity contribution is -0.383. The van der Waals surface area contributed by atoms with Gasteiger partial charge in [-0.25, -0.2) is 4.79 Å². The minimum Gasteiger partial charge on any atom is -0.453 e. The number of carbonyl (C=O) groups excluding carboxylic acids is 1. The normalized spacial score (nSPS) is 39.1. The summed E-state index contributed by atoms with van der Waals surface area (Å²) in [4.78, 5) is 12.3. The second-order valence-corrected chi connectivity index (χ2v) is 7.71. The van der Waals surface area contributed by atoms with Crippen molar-refractivity contribution in [1.82, 2.24) is 0 Å². The smallest absolute Gasteiger partial charge is 0.331 e. The zero-order valence-electron chi connectivity index (χ0n) is 17.5. The molecule has 0 radical (unpaired) electrons. The van der Waals surface area contributed by atoms with E-state index in [0.717, 1.165) is 6.08 Å². The van der Waals surface area contributed by atoms with E-state index in [1.165, 1.54) is 6.08 Å². The lowest BCUT2D eigenvalue weighted by Gasteiger charge is -2.43. The van der Waals surface area contributed by atoms with Crippen LogP contribution in [0.2, 0.25) is 0 Å². The summed E-state index contributed by atoms with van der Waals surface area (Å²) in [6.45, 7) is -2.47. The molecule has 7 N–H and O–H groups in total. The molecule has 2 heterocycles. The first kappa shape index (κ1) is 25.6. The minimum absolute atomic E-state index is 0.715. The van der Waals surface area contributed by atoms with Crippen LogP contribution in [0.1, 0.15) is 5.56 Å². The number of hydrogen-bond acceptors (Lipinski definition) is 12. The van der Waals surface area contributed by atoms with E-state index in [9.17, 15) is 40.5 Å². The highest BCUT2D eigenvalue weighted by atomic mass is 16.8. The SMILES string of the molecule is O=C(C=Cc1ccccc1)O[C@H]1[C@@H](CO)O[C@@](CO)(O[C@@H]2O[C@H](CO)[C@@H](O)[C@H](O)[C@H]2O)[C@H]1O. The Morgan fingerprint density at radius 2 is 1.64 bits per heavy atom. The molecular weight excluding hydrogens is 444 g/mol. The van der Waals surface area contributed by atoms with Crippen molar-refractivity contribution >= 4 is 12.0 Å². The van der Waals surface area contributed by atoms with Crippen molar-refractivity contribution in [2.24, 2.45) is 0 Å². The monoisotopic (exact) mass is 472 g/mol. The molecule has 2 fully saturated rings. The van der Waals surface area contributed by atoms with Crippen molar-refractivity contribution in [3.05, 3.63) is 42.0 Å².